The van der Waals surface area contributed by atoms with Crippen molar-refractivity contribution in [3.05, 3.63) is 76.3 Å². The standard InChI is InChI=1S/C25H22N10O6/c26-25-30-21-20(23(39)31-25)28-14(11-27-21)12-34(35-18-4-2-1-3-16(18)32-33-35)15-7-5-13(6-8-15)22(38)29-17(24(40)41)9-10-19(36)37/h1-8,11,17H,9-10,12H2,(H,29,38)(H,36,37)(H,40,41)(H3,26,27,30,31,39)/t17-/m0/s1. The Bertz CT molecular complexity index is 1830. The molecule has 16 heteroatoms. The van der Waals surface area contributed by atoms with Gasteiger partial charge in [0.1, 0.15) is 17.1 Å². The first kappa shape index (κ1) is 26.7. The fourth-order valence-corrected chi connectivity index (χ4v) is 4.05. The normalized spacial score (nSPS) is 11.8. The molecule has 6 N–H and O–H groups in total. The van der Waals surface area contributed by atoms with Gasteiger partial charge in [-0.15, -0.1) is 5.10 Å². The molecular weight excluding hydrogens is 536 g/mol. The smallest absolute Gasteiger partial charge is 0.326 e. The Morgan fingerprint density at radius 3 is 2.56 bits per heavy atom. The fraction of sp³-hybridized carbons (Fsp3) is 0.160. The Balaban J connectivity index is 1.47. The number of nitrogens with one attached hydrogen (secondary N) is 2. The van der Waals surface area contributed by atoms with E-state index in [0.29, 0.717) is 22.4 Å². The third-order valence-corrected chi connectivity index (χ3v) is 6.04. The number of amides is 1. The SMILES string of the molecule is Nc1nc2ncc(CN(c3ccc(C(=O)N[C@@H](CCC(=O)O)C(=O)O)cc3)n3nnc4ccccc43)nc2c(=O)[nH]1. The third-order valence-electron chi connectivity index (χ3n) is 6.04. The molecule has 1 amide bonds. The van der Waals surface area contributed by atoms with Crippen molar-refractivity contribution in [1.82, 2.24) is 40.4 Å². The van der Waals surface area contributed by atoms with Crippen molar-refractivity contribution >= 4 is 51.7 Å². The summed E-state index contributed by atoms with van der Waals surface area (Å²) in [5, 5.41) is 30.7. The molecule has 0 saturated heterocycles. The van der Waals surface area contributed by atoms with E-state index in [1.807, 2.05) is 18.2 Å². The number of hydrogen-bond donors (Lipinski definition) is 5. The molecule has 16 nitrogen and oxygen atoms in total. The number of fused-ring (bicyclic) bond motifs is 2. The highest BCUT2D eigenvalue weighted by atomic mass is 16.4. The van der Waals surface area contributed by atoms with Crippen LogP contribution in [0.1, 0.15) is 28.9 Å². The van der Waals surface area contributed by atoms with E-state index in [1.54, 1.807) is 23.2 Å². The Kier molecular flexibility index (Phi) is 7.19. The van der Waals surface area contributed by atoms with Crippen molar-refractivity contribution in [2.45, 2.75) is 25.4 Å². The highest BCUT2D eigenvalue weighted by Crippen LogP contribution is 2.22. The molecule has 208 valence electrons. The molecule has 5 rings (SSSR count). The quantitative estimate of drug-likeness (QED) is 0.158. The average molecular weight is 559 g/mol. The summed E-state index contributed by atoms with van der Waals surface area (Å²) in [4.78, 5) is 64.0. The zero-order valence-electron chi connectivity index (χ0n) is 21.1. The van der Waals surface area contributed by atoms with Gasteiger partial charge in [-0.2, -0.15) is 9.77 Å². The summed E-state index contributed by atoms with van der Waals surface area (Å²) in [5.41, 5.74) is 7.52. The van der Waals surface area contributed by atoms with Crippen LogP contribution >= 0.6 is 0 Å². The van der Waals surface area contributed by atoms with Gasteiger partial charge >= 0.3 is 11.9 Å². The lowest BCUT2D eigenvalue weighted by Gasteiger charge is -2.24. The summed E-state index contributed by atoms with van der Waals surface area (Å²) < 4.78 is 0. The Morgan fingerprint density at radius 1 is 1.07 bits per heavy atom. The van der Waals surface area contributed by atoms with Crippen LogP contribution < -0.4 is 21.6 Å². The van der Waals surface area contributed by atoms with E-state index in [4.69, 9.17) is 10.8 Å². The number of aromatic nitrogens is 7. The number of H-pyrrole nitrogens is 1. The van der Waals surface area contributed by atoms with E-state index < -0.39 is 35.9 Å². The van der Waals surface area contributed by atoms with E-state index in [2.05, 4.69) is 35.6 Å². The number of anilines is 2. The van der Waals surface area contributed by atoms with Crippen LogP contribution in [-0.4, -0.2) is 69.1 Å². The van der Waals surface area contributed by atoms with Crippen LogP contribution in [0.2, 0.25) is 0 Å². The second-order valence-corrected chi connectivity index (χ2v) is 8.85. The van der Waals surface area contributed by atoms with Crippen LogP contribution in [0.5, 0.6) is 0 Å². The highest BCUT2D eigenvalue weighted by Gasteiger charge is 2.22. The van der Waals surface area contributed by atoms with E-state index in [9.17, 15) is 24.3 Å². The molecule has 0 spiro atoms. The largest absolute Gasteiger partial charge is 0.481 e. The van der Waals surface area contributed by atoms with Crippen LogP contribution in [0.3, 0.4) is 0 Å². The number of nitrogens with two attached hydrogens (primary N) is 1. The zero-order valence-corrected chi connectivity index (χ0v) is 21.1. The molecule has 0 aliphatic rings. The van der Waals surface area contributed by atoms with Crippen molar-refractivity contribution in [3.63, 3.8) is 0 Å². The van der Waals surface area contributed by atoms with Crippen LogP contribution in [0.15, 0.2) is 59.5 Å². The molecule has 0 aliphatic carbocycles. The van der Waals surface area contributed by atoms with Gasteiger partial charge in [-0.1, -0.05) is 12.1 Å². The van der Waals surface area contributed by atoms with Gasteiger partial charge in [-0.05, 0) is 48.0 Å². The first-order chi connectivity index (χ1) is 19.7. The maximum absolute atomic E-state index is 12.7. The summed E-state index contributed by atoms with van der Waals surface area (Å²) in [6.45, 7) is 0.0714. The van der Waals surface area contributed by atoms with Crippen molar-refractivity contribution in [1.29, 1.82) is 0 Å². The first-order valence-corrected chi connectivity index (χ1v) is 12.1. The molecule has 1 atom stereocenters. The number of nitrogens with zero attached hydrogens (tertiary/aromatic N) is 7. The predicted molar refractivity (Wildman–Crippen MR) is 144 cm³/mol. The van der Waals surface area contributed by atoms with Gasteiger partial charge in [0.05, 0.1) is 24.1 Å². The Morgan fingerprint density at radius 2 is 1.83 bits per heavy atom. The number of para-hydroxylation sites is 1. The molecule has 0 bridgehead atoms. The van der Waals surface area contributed by atoms with Crippen molar-refractivity contribution in [2.75, 3.05) is 10.7 Å². The number of carbonyl (C=O) groups excluding carboxylic acids is 1. The van der Waals surface area contributed by atoms with Crippen molar-refractivity contribution in [3.8, 4) is 0 Å². The van der Waals surface area contributed by atoms with Gasteiger partial charge in [-0.25, -0.2) is 14.8 Å². The van der Waals surface area contributed by atoms with Gasteiger partial charge in [0.15, 0.2) is 11.2 Å². The summed E-state index contributed by atoms with van der Waals surface area (Å²) >= 11 is 0. The van der Waals surface area contributed by atoms with Crippen LogP contribution in [-0.2, 0) is 16.1 Å². The summed E-state index contributed by atoms with van der Waals surface area (Å²) in [6, 6.07) is 12.1. The number of hydrogen-bond acceptors (Lipinski definition) is 11. The number of aromatic amines is 1. The second-order valence-electron chi connectivity index (χ2n) is 8.85. The van der Waals surface area contributed by atoms with Gasteiger partial charge in [0.25, 0.3) is 11.5 Å². The van der Waals surface area contributed by atoms with E-state index in [1.165, 1.54) is 23.1 Å². The number of carboxylic acid groups (broad SMARTS) is 2. The number of benzene rings is 2. The summed E-state index contributed by atoms with van der Waals surface area (Å²) in [6.07, 6.45) is 0.773. The second kappa shape index (κ2) is 11.0. The number of carbonyl (C=O) groups is 3. The van der Waals surface area contributed by atoms with Crippen LogP contribution in [0, 0.1) is 0 Å². The predicted octanol–water partition coefficient (Wildman–Crippen LogP) is 0.558. The molecule has 0 unspecified atom stereocenters. The molecule has 5 aromatic rings. The number of rotatable bonds is 10. The summed E-state index contributed by atoms with van der Waals surface area (Å²) in [7, 11) is 0. The molecule has 2 aromatic carbocycles. The molecule has 41 heavy (non-hydrogen) atoms. The van der Waals surface area contributed by atoms with Crippen molar-refractivity contribution < 1.29 is 24.6 Å². The lowest BCUT2D eigenvalue weighted by atomic mass is 10.1. The number of aliphatic carboxylic acids is 2. The minimum absolute atomic E-state index is 0.00278. The fourth-order valence-electron chi connectivity index (χ4n) is 4.05. The van der Waals surface area contributed by atoms with Gasteiger partial charge in [0, 0.05) is 12.0 Å². The topological polar surface area (TPSA) is 235 Å². The molecule has 3 heterocycles. The van der Waals surface area contributed by atoms with Gasteiger partial charge in [-0.3, -0.25) is 24.4 Å². The summed E-state index contributed by atoms with van der Waals surface area (Å²) in [5.74, 6) is -3.27. The molecule has 0 aliphatic heterocycles. The molecule has 0 saturated carbocycles. The maximum atomic E-state index is 12.7. The average Bonchev–Trinajstić information content (AvgIpc) is 3.38. The lowest BCUT2D eigenvalue weighted by molar-refractivity contribution is -0.140. The lowest BCUT2D eigenvalue weighted by Crippen LogP contribution is -2.41. The van der Waals surface area contributed by atoms with Gasteiger partial charge < -0.3 is 21.3 Å². The Labute approximate surface area is 229 Å². The minimum Gasteiger partial charge on any atom is -0.481 e. The minimum atomic E-state index is -1.37. The van der Waals surface area contributed by atoms with E-state index in [-0.39, 0.29) is 35.6 Å². The monoisotopic (exact) mass is 558 g/mol. The molecular formula is C25H22N10O6. The van der Waals surface area contributed by atoms with Crippen molar-refractivity contribution in [2.24, 2.45) is 0 Å². The number of nitrogen functional groups attached to an aromatic ring is 1. The zero-order chi connectivity index (χ0) is 29.1. The maximum Gasteiger partial charge on any atom is 0.326 e. The van der Waals surface area contributed by atoms with Gasteiger partial charge in [0.2, 0.25) is 5.95 Å². The van der Waals surface area contributed by atoms with E-state index >= 15 is 0 Å². The highest BCUT2D eigenvalue weighted by molar-refractivity contribution is 5.97. The number of carboxylic acids is 2. The molecule has 3 aromatic heterocycles. The first-order valence-electron chi connectivity index (χ1n) is 12.1. The van der Waals surface area contributed by atoms with Crippen LogP contribution in [0.4, 0.5) is 11.6 Å². The molecule has 0 fully saturated rings. The van der Waals surface area contributed by atoms with E-state index in [0.717, 1.165) is 0 Å². The van der Waals surface area contributed by atoms with Crippen LogP contribution in [0.25, 0.3) is 22.2 Å². The molecule has 0 radical (unpaired) electrons. The Hall–Kier alpha value is -5.93. The third kappa shape index (κ3) is 5.75.